The number of carboxylic acids is 1. The van der Waals surface area contributed by atoms with E-state index in [0.29, 0.717) is 49.1 Å². The third-order valence-electron chi connectivity index (χ3n) is 6.47. The summed E-state index contributed by atoms with van der Waals surface area (Å²) in [5.41, 5.74) is -0.953. The van der Waals surface area contributed by atoms with Crippen molar-refractivity contribution in [3.63, 3.8) is 0 Å². The summed E-state index contributed by atoms with van der Waals surface area (Å²) in [6.45, 7) is 3.02. The van der Waals surface area contributed by atoms with Gasteiger partial charge in [-0.15, -0.1) is 0 Å². The number of hydrogen-bond acceptors (Lipinski definition) is 6. The van der Waals surface area contributed by atoms with Crippen LogP contribution in [-0.2, 0) is 9.53 Å². The van der Waals surface area contributed by atoms with Gasteiger partial charge in [0.1, 0.15) is 25.4 Å². The lowest BCUT2D eigenvalue weighted by molar-refractivity contribution is -0.156. The number of carbonyl (C=O) groups is 1. The molecule has 0 spiro atoms. The van der Waals surface area contributed by atoms with Gasteiger partial charge in [0.2, 0.25) is 0 Å². The molecule has 204 valence electrons. The van der Waals surface area contributed by atoms with E-state index in [1.807, 2.05) is 48.5 Å². The summed E-state index contributed by atoms with van der Waals surface area (Å²) < 4.78 is 30.5. The lowest BCUT2D eigenvalue weighted by Crippen LogP contribution is -2.46. The number of benzene rings is 2. The van der Waals surface area contributed by atoms with E-state index in [-0.39, 0.29) is 13.2 Å². The molecule has 2 aromatic carbocycles. The van der Waals surface area contributed by atoms with Crippen LogP contribution in [0.1, 0.15) is 71.1 Å². The standard InChI is InChI=1S/C30H42O7/c1-2-3-4-5-6-7-8-13-19-30(37-22-29(31)32)23-35-27-17-11-9-15-25(27)33-20-14-21-34-26-16-10-12-18-28(26)36-24-30/h9-12,15-18H,2-8,13-14,19-24H2,1H3,(H,31,32). The van der Waals surface area contributed by atoms with Gasteiger partial charge in [-0.05, 0) is 30.7 Å². The first-order valence-electron chi connectivity index (χ1n) is 13.7. The van der Waals surface area contributed by atoms with Crippen LogP contribution in [0.3, 0.4) is 0 Å². The van der Waals surface area contributed by atoms with Gasteiger partial charge < -0.3 is 28.8 Å². The predicted octanol–water partition coefficient (Wildman–Crippen LogP) is 6.68. The van der Waals surface area contributed by atoms with Crippen LogP contribution in [0, 0.1) is 0 Å². The Bertz CT molecular complexity index is 876. The molecule has 3 rings (SSSR count). The Morgan fingerprint density at radius 1 is 0.757 bits per heavy atom. The summed E-state index contributed by atoms with van der Waals surface area (Å²) in [6, 6.07) is 15.0. The molecule has 1 aliphatic rings. The van der Waals surface area contributed by atoms with E-state index < -0.39 is 18.2 Å². The third kappa shape index (κ3) is 10.2. The van der Waals surface area contributed by atoms with Gasteiger partial charge in [-0.25, -0.2) is 4.79 Å². The summed E-state index contributed by atoms with van der Waals surface area (Å²) in [5, 5.41) is 9.42. The monoisotopic (exact) mass is 514 g/mol. The molecule has 0 atom stereocenters. The molecule has 1 heterocycles. The van der Waals surface area contributed by atoms with Crippen molar-refractivity contribution < 1.29 is 33.6 Å². The van der Waals surface area contributed by atoms with Gasteiger partial charge in [-0.1, -0.05) is 82.6 Å². The van der Waals surface area contributed by atoms with Gasteiger partial charge in [0.15, 0.2) is 23.0 Å². The van der Waals surface area contributed by atoms with Gasteiger partial charge in [0.25, 0.3) is 0 Å². The van der Waals surface area contributed by atoms with E-state index in [9.17, 15) is 9.90 Å². The fraction of sp³-hybridized carbons (Fsp3) is 0.567. The first-order chi connectivity index (χ1) is 18.1. The zero-order valence-electron chi connectivity index (χ0n) is 22.1. The lowest BCUT2D eigenvalue weighted by Gasteiger charge is -2.33. The molecule has 0 aromatic heterocycles. The number of aliphatic carboxylic acids is 1. The van der Waals surface area contributed by atoms with E-state index in [0.717, 1.165) is 19.3 Å². The molecule has 0 saturated heterocycles. The van der Waals surface area contributed by atoms with Crippen molar-refractivity contribution in [1.82, 2.24) is 0 Å². The minimum atomic E-state index is -1.03. The molecule has 0 bridgehead atoms. The maximum absolute atomic E-state index is 11.5. The Hall–Kier alpha value is -2.93. The molecule has 1 N–H and O–H groups in total. The van der Waals surface area contributed by atoms with Crippen LogP contribution < -0.4 is 18.9 Å². The number of hydrogen-bond donors (Lipinski definition) is 1. The summed E-state index contributed by atoms with van der Waals surface area (Å²) in [7, 11) is 0. The molecular weight excluding hydrogens is 472 g/mol. The summed E-state index contributed by atoms with van der Waals surface area (Å²) >= 11 is 0. The largest absolute Gasteiger partial charge is 0.490 e. The van der Waals surface area contributed by atoms with Crippen molar-refractivity contribution in [3.8, 4) is 23.0 Å². The minimum Gasteiger partial charge on any atom is -0.490 e. The second-order valence-corrected chi connectivity index (χ2v) is 9.61. The Labute approximate surface area is 221 Å². The fourth-order valence-electron chi connectivity index (χ4n) is 4.36. The van der Waals surface area contributed by atoms with E-state index in [2.05, 4.69) is 6.92 Å². The Balaban J connectivity index is 1.77. The average molecular weight is 515 g/mol. The van der Waals surface area contributed by atoms with E-state index in [1.54, 1.807) is 0 Å². The Morgan fingerprint density at radius 3 is 1.70 bits per heavy atom. The van der Waals surface area contributed by atoms with Crippen LogP contribution >= 0.6 is 0 Å². The highest BCUT2D eigenvalue weighted by Gasteiger charge is 2.35. The molecule has 0 unspecified atom stereocenters. The van der Waals surface area contributed by atoms with Crippen LogP contribution in [0.5, 0.6) is 23.0 Å². The number of rotatable bonds is 12. The summed E-state index contributed by atoms with van der Waals surface area (Å²) in [6.07, 6.45) is 10.7. The van der Waals surface area contributed by atoms with E-state index in [1.165, 1.54) is 32.1 Å². The second kappa shape index (κ2) is 16.0. The fourth-order valence-corrected chi connectivity index (χ4v) is 4.36. The van der Waals surface area contributed by atoms with E-state index in [4.69, 9.17) is 23.7 Å². The van der Waals surface area contributed by atoms with Crippen LogP contribution in [0.25, 0.3) is 0 Å². The number of carboxylic acid groups (broad SMARTS) is 1. The molecule has 0 fully saturated rings. The van der Waals surface area contributed by atoms with Crippen LogP contribution in [-0.4, -0.2) is 49.7 Å². The average Bonchev–Trinajstić information content (AvgIpc) is 2.91. The molecule has 0 saturated carbocycles. The number of ether oxygens (including phenoxy) is 5. The van der Waals surface area contributed by atoms with Crippen molar-refractivity contribution in [2.24, 2.45) is 0 Å². The van der Waals surface area contributed by atoms with Crippen molar-refractivity contribution >= 4 is 5.97 Å². The second-order valence-electron chi connectivity index (χ2n) is 9.61. The smallest absolute Gasteiger partial charge is 0.329 e. The number of para-hydroxylation sites is 4. The molecule has 0 amide bonds. The van der Waals surface area contributed by atoms with Crippen molar-refractivity contribution in [2.75, 3.05) is 33.0 Å². The van der Waals surface area contributed by atoms with Crippen molar-refractivity contribution in [2.45, 2.75) is 76.7 Å². The van der Waals surface area contributed by atoms with Gasteiger partial charge >= 0.3 is 5.97 Å². The lowest BCUT2D eigenvalue weighted by atomic mass is 9.96. The normalized spacial score (nSPS) is 15.5. The predicted molar refractivity (Wildman–Crippen MR) is 143 cm³/mol. The van der Waals surface area contributed by atoms with E-state index >= 15 is 0 Å². The molecule has 7 heteroatoms. The van der Waals surface area contributed by atoms with Crippen LogP contribution in [0.15, 0.2) is 48.5 Å². The summed E-state index contributed by atoms with van der Waals surface area (Å²) in [5.74, 6) is 1.45. The highest BCUT2D eigenvalue weighted by Crippen LogP contribution is 2.32. The molecule has 0 aliphatic carbocycles. The zero-order chi connectivity index (χ0) is 26.2. The third-order valence-corrected chi connectivity index (χ3v) is 6.47. The van der Waals surface area contributed by atoms with Gasteiger partial charge in [-0.3, -0.25) is 0 Å². The molecule has 0 radical (unpaired) electrons. The molecule has 1 aliphatic heterocycles. The quantitative estimate of drug-likeness (QED) is 0.316. The van der Waals surface area contributed by atoms with Crippen molar-refractivity contribution in [3.05, 3.63) is 48.5 Å². The molecule has 2 aromatic rings. The SMILES string of the molecule is CCCCCCCCCCC1(OCC(=O)O)COc2ccccc2OCCCOc2ccccc2OC1. The first kappa shape index (κ1) is 28.6. The Morgan fingerprint density at radius 2 is 1.22 bits per heavy atom. The zero-order valence-corrected chi connectivity index (χ0v) is 22.1. The van der Waals surface area contributed by atoms with Gasteiger partial charge in [0.05, 0.1) is 13.2 Å². The first-order valence-corrected chi connectivity index (χ1v) is 13.7. The summed E-state index contributed by atoms with van der Waals surface area (Å²) in [4.78, 5) is 11.5. The van der Waals surface area contributed by atoms with Crippen LogP contribution in [0.2, 0.25) is 0 Å². The highest BCUT2D eigenvalue weighted by atomic mass is 16.6. The molecule has 37 heavy (non-hydrogen) atoms. The van der Waals surface area contributed by atoms with Crippen LogP contribution in [0.4, 0.5) is 0 Å². The maximum atomic E-state index is 11.5. The van der Waals surface area contributed by atoms with Gasteiger partial charge in [-0.2, -0.15) is 0 Å². The topological polar surface area (TPSA) is 83.5 Å². The van der Waals surface area contributed by atoms with Crippen molar-refractivity contribution in [1.29, 1.82) is 0 Å². The maximum Gasteiger partial charge on any atom is 0.329 e. The molecule has 7 nitrogen and oxygen atoms in total. The number of unbranched alkanes of at least 4 members (excludes halogenated alkanes) is 7. The number of fused-ring (bicyclic) bond motifs is 2. The highest BCUT2D eigenvalue weighted by molar-refractivity contribution is 5.68. The minimum absolute atomic E-state index is 0.139. The Kier molecular flexibility index (Phi) is 12.4. The molecular formula is C30H42O7. The van der Waals surface area contributed by atoms with Gasteiger partial charge in [0, 0.05) is 6.42 Å².